The third kappa shape index (κ3) is 2.95. The summed E-state index contributed by atoms with van der Waals surface area (Å²) in [4.78, 5) is 16.5. The van der Waals surface area contributed by atoms with Crippen molar-refractivity contribution in [1.29, 1.82) is 5.26 Å². The number of aromatic nitrogens is 1. The Morgan fingerprint density at radius 3 is 2.81 bits per heavy atom. The minimum atomic E-state index is -0.833. The average Bonchev–Trinajstić information content (AvgIpc) is 2.28. The second kappa shape index (κ2) is 5.12. The largest absolute Gasteiger partial charge is 0.481 e. The van der Waals surface area contributed by atoms with Crippen LogP contribution >= 0.6 is 0 Å². The van der Waals surface area contributed by atoms with E-state index in [1.165, 1.54) is 6.20 Å². The molecule has 1 atom stereocenters. The molecule has 1 N–H and O–H groups in total. The van der Waals surface area contributed by atoms with Crippen LogP contribution in [0.4, 0.5) is 5.82 Å². The van der Waals surface area contributed by atoms with Crippen LogP contribution in [0.3, 0.4) is 0 Å². The van der Waals surface area contributed by atoms with Gasteiger partial charge in [0.2, 0.25) is 0 Å². The van der Waals surface area contributed by atoms with Crippen molar-refractivity contribution >= 4 is 11.8 Å². The molecule has 1 unspecified atom stereocenters. The second-order valence-corrected chi connectivity index (χ2v) is 3.64. The van der Waals surface area contributed by atoms with E-state index in [1.54, 1.807) is 31.0 Å². The third-order valence-electron chi connectivity index (χ3n) is 2.24. The Kier molecular flexibility index (Phi) is 3.84. The van der Waals surface area contributed by atoms with Gasteiger partial charge in [-0.25, -0.2) is 4.98 Å². The van der Waals surface area contributed by atoms with Crippen molar-refractivity contribution in [1.82, 2.24) is 4.98 Å². The summed E-state index contributed by atoms with van der Waals surface area (Å²) in [6.07, 6.45) is 1.47. The molecule has 1 heterocycles. The van der Waals surface area contributed by atoms with Crippen LogP contribution in [-0.4, -0.2) is 29.7 Å². The molecular formula is C11H13N3O2. The van der Waals surface area contributed by atoms with E-state index in [0.29, 0.717) is 17.9 Å². The first-order chi connectivity index (χ1) is 7.54. The fourth-order valence-electron chi connectivity index (χ4n) is 1.26. The van der Waals surface area contributed by atoms with E-state index in [2.05, 4.69) is 4.98 Å². The van der Waals surface area contributed by atoms with Gasteiger partial charge in [0.25, 0.3) is 0 Å². The monoisotopic (exact) mass is 219 g/mol. The molecule has 16 heavy (non-hydrogen) atoms. The molecule has 0 aromatic carbocycles. The van der Waals surface area contributed by atoms with Crippen molar-refractivity contribution in [3.8, 4) is 6.07 Å². The van der Waals surface area contributed by atoms with Gasteiger partial charge < -0.3 is 10.0 Å². The topological polar surface area (TPSA) is 77.2 Å². The van der Waals surface area contributed by atoms with Gasteiger partial charge in [0, 0.05) is 19.8 Å². The summed E-state index contributed by atoms with van der Waals surface area (Å²) in [6.45, 7) is 2.02. The number of hydrogen-bond acceptors (Lipinski definition) is 4. The summed E-state index contributed by atoms with van der Waals surface area (Å²) >= 11 is 0. The number of pyridine rings is 1. The van der Waals surface area contributed by atoms with Crippen molar-refractivity contribution in [2.24, 2.45) is 5.92 Å². The zero-order valence-electron chi connectivity index (χ0n) is 9.21. The Morgan fingerprint density at radius 1 is 1.69 bits per heavy atom. The number of rotatable bonds is 4. The van der Waals surface area contributed by atoms with Crippen LogP contribution in [0, 0.1) is 17.2 Å². The Labute approximate surface area is 93.9 Å². The Bertz CT molecular complexity index is 408. The average molecular weight is 219 g/mol. The van der Waals surface area contributed by atoms with Crippen LogP contribution in [0.15, 0.2) is 18.3 Å². The van der Waals surface area contributed by atoms with Gasteiger partial charge in [0.1, 0.15) is 11.9 Å². The minimum Gasteiger partial charge on any atom is -0.481 e. The first-order valence-electron chi connectivity index (χ1n) is 4.84. The highest BCUT2D eigenvalue weighted by atomic mass is 16.4. The van der Waals surface area contributed by atoms with Crippen LogP contribution in [-0.2, 0) is 4.79 Å². The Morgan fingerprint density at radius 2 is 2.38 bits per heavy atom. The maximum Gasteiger partial charge on any atom is 0.308 e. The molecule has 0 radical (unpaired) electrons. The molecule has 1 aromatic heterocycles. The molecule has 0 amide bonds. The quantitative estimate of drug-likeness (QED) is 0.820. The highest BCUT2D eigenvalue weighted by Crippen LogP contribution is 2.11. The molecule has 5 nitrogen and oxygen atoms in total. The molecule has 84 valence electrons. The lowest BCUT2D eigenvalue weighted by Crippen LogP contribution is -2.28. The zero-order valence-corrected chi connectivity index (χ0v) is 9.21. The van der Waals surface area contributed by atoms with Crippen LogP contribution in [0.1, 0.15) is 12.5 Å². The fourth-order valence-corrected chi connectivity index (χ4v) is 1.26. The van der Waals surface area contributed by atoms with Crippen molar-refractivity contribution < 1.29 is 9.90 Å². The van der Waals surface area contributed by atoms with Gasteiger partial charge in [0.05, 0.1) is 11.5 Å². The van der Waals surface area contributed by atoms with Gasteiger partial charge in [-0.1, -0.05) is 6.92 Å². The van der Waals surface area contributed by atoms with Gasteiger partial charge in [-0.05, 0) is 12.1 Å². The van der Waals surface area contributed by atoms with E-state index in [4.69, 9.17) is 10.4 Å². The van der Waals surface area contributed by atoms with Crippen LogP contribution in [0.5, 0.6) is 0 Å². The Balaban J connectivity index is 2.70. The van der Waals surface area contributed by atoms with E-state index in [0.717, 1.165) is 0 Å². The van der Waals surface area contributed by atoms with Crippen LogP contribution in [0.2, 0.25) is 0 Å². The minimum absolute atomic E-state index is 0.383. The van der Waals surface area contributed by atoms with Gasteiger partial charge in [-0.2, -0.15) is 5.26 Å². The molecule has 1 rings (SSSR count). The van der Waals surface area contributed by atoms with Crippen molar-refractivity contribution in [3.05, 3.63) is 23.9 Å². The van der Waals surface area contributed by atoms with Crippen LogP contribution < -0.4 is 4.90 Å². The lowest BCUT2D eigenvalue weighted by atomic mass is 10.2. The SMILES string of the molecule is CC(CN(C)c1ccc(C#N)cn1)C(=O)O. The Hall–Kier alpha value is -2.09. The number of carboxylic acids is 1. The maximum atomic E-state index is 10.7. The van der Waals surface area contributed by atoms with E-state index in [-0.39, 0.29) is 0 Å². The van der Waals surface area contributed by atoms with Gasteiger partial charge in [-0.15, -0.1) is 0 Å². The molecule has 0 aliphatic carbocycles. The van der Waals surface area contributed by atoms with Gasteiger partial charge in [0.15, 0.2) is 0 Å². The van der Waals surface area contributed by atoms with Gasteiger partial charge >= 0.3 is 5.97 Å². The number of carbonyl (C=O) groups is 1. The summed E-state index contributed by atoms with van der Waals surface area (Å²) < 4.78 is 0. The first-order valence-corrected chi connectivity index (χ1v) is 4.84. The number of anilines is 1. The maximum absolute atomic E-state index is 10.7. The van der Waals surface area contributed by atoms with Crippen LogP contribution in [0.25, 0.3) is 0 Å². The molecule has 1 aromatic rings. The second-order valence-electron chi connectivity index (χ2n) is 3.64. The zero-order chi connectivity index (χ0) is 12.1. The highest BCUT2D eigenvalue weighted by molar-refractivity contribution is 5.70. The predicted octanol–water partition coefficient (Wildman–Crippen LogP) is 1.11. The lowest BCUT2D eigenvalue weighted by Gasteiger charge is -2.20. The molecule has 0 aliphatic heterocycles. The van der Waals surface area contributed by atoms with Crippen molar-refractivity contribution in [2.75, 3.05) is 18.5 Å². The van der Waals surface area contributed by atoms with E-state index in [9.17, 15) is 4.79 Å². The number of hydrogen-bond donors (Lipinski definition) is 1. The van der Waals surface area contributed by atoms with Gasteiger partial charge in [-0.3, -0.25) is 4.79 Å². The number of nitriles is 1. The first kappa shape index (κ1) is 12.0. The summed E-state index contributed by atoms with van der Waals surface area (Å²) in [5.41, 5.74) is 0.489. The highest BCUT2D eigenvalue weighted by Gasteiger charge is 2.14. The van der Waals surface area contributed by atoms with E-state index < -0.39 is 11.9 Å². The van der Waals surface area contributed by atoms with E-state index >= 15 is 0 Å². The normalized spacial score (nSPS) is 11.6. The molecule has 0 fully saturated rings. The number of aliphatic carboxylic acids is 1. The molecule has 0 saturated carbocycles. The summed E-state index contributed by atoms with van der Waals surface area (Å²) in [5.74, 6) is -0.630. The smallest absolute Gasteiger partial charge is 0.308 e. The molecular weight excluding hydrogens is 206 g/mol. The third-order valence-corrected chi connectivity index (χ3v) is 2.24. The number of nitrogens with zero attached hydrogens (tertiary/aromatic N) is 3. The van der Waals surface area contributed by atoms with Crippen molar-refractivity contribution in [2.45, 2.75) is 6.92 Å². The standard InChI is InChI=1S/C11H13N3O2/c1-8(11(15)16)7-14(2)10-4-3-9(5-12)6-13-10/h3-4,6,8H,7H2,1-2H3,(H,15,16). The fraction of sp³-hybridized carbons (Fsp3) is 0.364. The van der Waals surface area contributed by atoms with Crippen molar-refractivity contribution in [3.63, 3.8) is 0 Å². The number of carboxylic acid groups (broad SMARTS) is 1. The molecule has 0 saturated heterocycles. The molecule has 0 spiro atoms. The molecule has 0 aliphatic rings. The van der Waals surface area contributed by atoms with E-state index in [1.807, 2.05) is 6.07 Å². The summed E-state index contributed by atoms with van der Waals surface area (Å²) in [5, 5.41) is 17.4. The summed E-state index contributed by atoms with van der Waals surface area (Å²) in [6, 6.07) is 5.34. The molecule has 0 bridgehead atoms. The lowest BCUT2D eigenvalue weighted by molar-refractivity contribution is -0.140. The predicted molar refractivity (Wildman–Crippen MR) is 59.0 cm³/mol. The molecule has 5 heteroatoms. The summed E-state index contributed by atoms with van der Waals surface area (Å²) in [7, 11) is 1.77.